The van der Waals surface area contributed by atoms with Crippen LogP contribution in [-0.2, 0) is 0 Å². The highest BCUT2D eigenvalue weighted by molar-refractivity contribution is 6.05. The number of anilines is 1. The molecule has 0 saturated heterocycles. The Bertz CT molecular complexity index is 747. The molecule has 1 aliphatic carbocycles. The molecule has 0 aliphatic heterocycles. The Morgan fingerprint density at radius 2 is 1.44 bits per heavy atom. The smallest absolute Gasteiger partial charge is 0.255 e. The van der Waals surface area contributed by atoms with Gasteiger partial charge in [0.25, 0.3) is 11.8 Å². The first-order valence-electron chi connectivity index (χ1n) is 8.91. The minimum atomic E-state index is -0.173. The third-order valence-corrected chi connectivity index (χ3v) is 4.74. The van der Waals surface area contributed by atoms with Crippen molar-refractivity contribution in [3.05, 3.63) is 65.2 Å². The third-order valence-electron chi connectivity index (χ3n) is 4.74. The number of hydrogen-bond acceptors (Lipinski definition) is 2. The van der Waals surface area contributed by atoms with Crippen LogP contribution in [0.15, 0.2) is 48.5 Å². The van der Waals surface area contributed by atoms with Crippen molar-refractivity contribution in [3.8, 4) is 0 Å². The van der Waals surface area contributed by atoms with Crippen molar-refractivity contribution in [1.29, 1.82) is 0 Å². The molecule has 2 aromatic rings. The van der Waals surface area contributed by atoms with Crippen LogP contribution in [0.5, 0.6) is 0 Å². The zero-order valence-electron chi connectivity index (χ0n) is 14.5. The zero-order valence-corrected chi connectivity index (χ0v) is 14.5. The van der Waals surface area contributed by atoms with Gasteiger partial charge in [-0.3, -0.25) is 9.59 Å². The molecule has 1 fully saturated rings. The summed E-state index contributed by atoms with van der Waals surface area (Å²) in [7, 11) is 0. The largest absolute Gasteiger partial charge is 0.349 e. The van der Waals surface area contributed by atoms with Gasteiger partial charge in [0, 0.05) is 22.9 Å². The summed E-state index contributed by atoms with van der Waals surface area (Å²) in [4.78, 5) is 24.7. The summed E-state index contributed by atoms with van der Waals surface area (Å²) in [6, 6.07) is 14.8. The third kappa shape index (κ3) is 4.47. The Balaban J connectivity index is 1.62. The van der Waals surface area contributed by atoms with Crippen molar-refractivity contribution in [3.63, 3.8) is 0 Å². The SMILES string of the molecule is Cc1ccccc1NC(=O)c1ccc(C(=O)NC2CCCCC2)cc1. The average molecular weight is 336 g/mol. The van der Waals surface area contributed by atoms with E-state index in [1.807, 2.05) is 31.2 Å². The van der Waals surface area contributed by atoms with E-state index >= 15 is 0 Å². The highest BCUT2D eigenvalue weighted by Crippen LogP contribution is 2.18. The molecule has 4 heteroatoms. The second-order valence-electron chi connectivity index (χ2n) is 6.65. The molecule has 2 aromatic carbocycles. The van der Waals surface area contributed by atoms with Crippen LogP contribution in [0.2, 0.25) is 0 Å². The average Bonchev–Trinajstić information content (AvgIpc) is 2.64. The van der Waals surface area contributed by atoms with Gasteiger partial charge in [-0.1, -0.05) is 37.5 Å². The van der Waals surface area contributed by atoms with Crippen molar-refractivity contribution >= 4 is 17.5 Å². The minimum absolute atomic E-state index is 0.0576. The van der Waals surface area contributed by atoms with Crippen LogP contribution >= 0.6 is 0 Å². The topological polar surface area (TPSA) is 58.2 Å². The Kier molecular flexibility index (Phi) is 5.49. The van der Waals surface area contributed by atoms with Crippen LogP contribution in [0, 0.1) is 6.92 Å². The van der Waals surface area contributed by atoms with E-state index in [-0.39, 0.29) is 17.9 Å². The van der Waals surface area contributed by atoms with Crippen LogP contribution in [0.1, 0.15) is 58.4 Å². The van der Waals surface area contributed by atoms with Crippen molar-refractivity contribution in [1.82, 2.24) is 5.32 Å². The highest BCUT2D eigenvalue weighted by Gasteiger charge is 2.17. The van der Waals surface area contributed by atoms with Gasteiger partial charge in [-0.2, -0.15) is 0 Å². The van der Waals surface area contributed by atoms with Crippen LogP contribution in [0.25, 0.3) is 0 Å². The van der Waals surface area contributed by atoms with Crippen LogP contribution in [0.4, 0.5) is 5.69 Å². The van der Waals surface area contributed by atoms with Gasteiger partial charge in [0.2, 0.25) is 0 Å². The standard InChI is InChI=1S/C21H24N2O2/c1-15-7-5-6-10-19(15)23-21(25)17-13-11-16(12-14-17)20(24)22-18-8-3-2-4-9-18/h5-7,10-14,18H,2-4,8-9H2,1H3,(H,22,24)(H,23,25). The maximum Gasteiger partial charge on any atom is 0.255 e. The number of benzene rings is 2. The molecular weight excluding hydrogens is 312 g/mol. The van der Waals surface area contributed by atoms with E-state index in [9.17, 15) is 9.59 Å². The summed E-state index contributed by atoms with van der Waals surface area (Å²) in [5, 5.41) is 5.99. The number of carbonyl (C=O) groups excluding carboxylic acids is 2. The lowest BCUT2D eigenvalue weighted by Crippen LogP contribution is -2.36. The number of rotatable bonds is 4. The van der Waals surface area contributed by atoms with E-state index in [1.165, 1.54) is 19.3 Å². The molecule has 25 heavy (non-hydrogen) atoms. The molecule has 0 heterocycles. The number of hydrogen-bond donors (Lipinski definition) is 2. The van der Waals surface area contributed by atoms with Gasteiger partial charge in [-0.05, 0) is 55.7 Å². The van der Waals surface area contributed by atoms with Crippen molar-refractivity contribution in [2.45, 2.75) is 45.1 Å². The Hall–Kier alpha value is -2.62. The van der Waals surface area contributed by atoms with Crippen molar-refractivity contribution in [2.24, 2.45) is 0 Å². The molecule has 4 nitrogen and oxygen atoms in total. The van der Waals surface area contributed by atoms with Gasteiger partial charge in [0.05, 0.1) is 0 Å². The summed E-state index contributed by atoms with van der Waals surface area (Å²) in [5.74, 6) is -0.230. The second-order valence-corrected chi connectivity index (χ2v) is 6.65. The molecule has 0 bridgehead atoms. The lowest BCUT2D eigenvalue weighted by molar-refractivity contribution is 0.0926. The lowest BCUT2D eigenvalue weighted by atomic mass is 9.95. The quantitative estimate of drug-likeness (QED) is 0.874. The van der Waals surface area contributed by atoms with E-state index < -0.39 is 0 Å². The first-order chi connectivity index (χ1) is 12.1. The molecule has 0 atom stereocenters. The number of carbonyl (C=O) groups is 2. The summed E-state index contributed by atoms with van der Waals surface area (Å²) >= 11 is 0. The summed E-state index contributed by atoms with van der Waals surface area (Å²) in [5.41, 5.74) is 2.95. The highest BCUT2D eigenvalue weighted by atomic mass is 16.2. The predicted molar refractivity (Wildman–Crippen MR) is 99.9 cm³/mol. The lowest BCUT2D eigenvalue weighted by Gasteiger charge is -2.22. The normalized spacial score (nSPS) is 14.8. The van der Waals surface area contributed by atoms with Crippen LogP contribution in [-0.4, -0.2) is 17.9 Å². The summed E-state index contributed by atoms with van der Waals surface area (Å²) < 4.78 is 0. The summed E-state index contributed by atoms with van der Waals surface area (Å²) in [6.07, 6.45) is 5.74. The molecule has 3 rings (SSSR count). The number of nitrogens with one attached hydrogen (secondary N) is 2. The molecule has 0 unspecified atom stereocenters. The van der Waals surface area contributed by atoms with Gasteiger partial charge in [0.1, 0.15) is 0 Å². The Morgan fingerprint density at radius 3 is 2.08 bits per heavy atom. The van der Waals surface area contributed by atoms with Crippen LogP contribution < -0.4 is 10.6 Å². The van der Waals surface area contributed by atoms with Crippen molar-refractivity contribution < 1.29 is 9.59 Å². The first kappa shape index (κ1) is 17.2. The number of para-hydroxylation sites is 1. The molecule has 1 saturated carbocycles. The van der Waals surface area contributed by atoms with E-state index in [2.05, 4.69) is 10.6 Å². The van der Waals surface area contributed by atoms with E-state index in [1.54, 1.807) is 24.3 Å². The van der Waals surface area contributed by atoms with Gasteiger partial charge in [-0.15, -0.1) is 0 Å². The fourth-order valence-electron chi connectivity index (χ4n) is 3.20. The van der Waals surface area contributed by atoms with E-state index in [4.69, 9.17) is 0 Å². The van der Waals surface area contributed by atoms with Crippen molar-refractivity contribution in [2.75, 3.05) is 5.32 Å². The maximum absolute atomic E-state index is 12.4. The molecule has 0 spiro atoms. The fraction of sp³-hybridized carbons (Fsp3) is 0.333. The molecular formula is C21H24N2O2. The molecule has 2 N–H and O–H groups in total. The maximum atomic E-state index is 12.4. The number of amides is 2. The van der Waals surface area contributed by atoms with E-state index in [0.717, 1.165) is 24.1 Å². The van der Waals surface area contributed by atoms with Gasteiger partial charge in [0.15, 0.2) is 0 Å². The second kappa shape index (κ2) is 7.97. The molecule has 0 aromatic heterocycles. The molecule has 2 amide bonds. The van der Waals surface area contributed by atoms with Crippen LogP contribution in [0.3, 0.4) is 0 Å². The molecule has 1 aliphatic rings. The number of aryl methyl sites for hydroxylation is 1. The first-order valence-corrected chi connectivity index (χ1v) is 8.91. The Labute approximate surface area is 148 Å². The predicted octanol–water partition coefficient (Wildman–Crippen LogP) is 4.31. The fourth-order valence-corrected chi connectivity index (χ4v) is 3.20. The van der Waals surface area contributed by atoms with Gasteiger partial charge in [-0.25, -0.2) is 0 Å². The molecule has 130 valence electrons. The monoisotopic (exact) mass is 336 g/mol. The Morgan fingerprint density at radius 1 is 0.840 bits per heavy atom. The molecule has 0 radical (unpaired) electrons. The zero-order chi connectivity index (χ0) is 17.6. The van der Waals surface area contributed by atoms with E-state index in [0.29, 0.717) is 11.1 Å². The minimum Gasteiger partial charge on any atom is -0.349 e. The van der Waals surface area contributed by atoms with Gasteiger partial charge < -0.3 is 10.6 Å². The summed E-state index contributed by atoms with van der Waals surface area (Å²) in [6.45, 7) is 1.95. The van der Waals surface area contributed by atoms with Gasteiger partial charge >= 0.3 is 0 Å².